The van der Waals surface area contributed by atoms with Gasteiger partial charge >= 0.3 is 6.18 Å². The molecule has 3 rings (SSSR count). The Labute approximate surface area is 147 Å². The zero-order chi connectivity index (χ0) is 17.9. The van der Waals surface area contributed by atoms with Crippen molar-refractivity contribution in [3.63, 3.8) is 0 Å². The largest absolute Gasteiger partial charge is 0.416 e. The number of hydrogen-bond acceptors (Lipinski definition) is 3. The highest BCUT2D eigenvalue weighted by Gasteiger charge is 2.30. The maximum absolute atomic E-state index is 12.6. The van der Waals surface area contributed by atoms with Gasteiger partial charge in [0.05, 0.1) is 11.7 Å². The molecule has 0 aliphatic carbocycles. The normalized spacial score (nSPS) is 22.9. The number of halogens is 3. The predicted molar refractivity (Wildman–Crippen MR) is 91.3 cm³/mol. The molecule has 1 N–H and O–H groups in total. The number of aliphatic hydroxyl groups is 1. The van der Waals surface area contributed by atoms with Crippen molar-refractivity contribution in [1.82, 2.24) is 9.80 Å². The lowest BCUT2D eigenvalue weighted by molar-refractivity contribution is -0.137. The molecule has 3 nitrogen and oxygen atoms in total. The number of alkyl halides is 3. The lowest BCUT2D eigenvalue weighted by Crippen LogP contribution is -2.47. The molecular formula is C19H27F3N2O. The Morgan fingerprint density at radius 2 is 1.56 bits per heavy atom. The van der Waals surface area contributed by atoms with Gasteiger partial charge in [-0.25, -0.2) is 0 Å². The second-order valence-corrected chi connectivity index (χ2v) is 7.26. The lowest BCUT2D eigenvalue weighted by atomic mass is 9.99. The topological polar surface area (TPSA) is 26.7 Å². The molecule has 0 spiro atoms. The summed E-state index contributed by atoms with van der Waals surface area (Å²) in [6.45, 7) is 4.79. The summed E-state index contributed by atoms with van der Waals surface area (Å²) in [6.07, 6.45) is 1.09. The number of rotatable bonds is 4. The maximum atomic E-state index is 12.6. The van der Waals surface area contributed by atoms with E-state index in [4.69, 9.17) is 0 Å². The Morgan fingerprint density at radius 1 is 0.960 bits per heavy atom. The molecule has 2 aliphatic rings. The van der Waals surface area contributed by atoms with Crippen LogP contribution in [-0.4, -0.2) is 53.7 Å². The van der Waals surface area contributed by atoms with Crippen LogP contribution < -0.4 is 0 Å². The Balaban J connectivity index is 1.48. The van der Waals surface area contributed by atoms with Gasteiger partial charge in [0, 0.05) is 12.6 Å². The van der Waals surface area contributed by atoms with Crippen LogP contribution in [0.3, 0.4) is 0 Å². The molecule has 1 aromatic carbocycles. The number of benzene rings is 1. The average Bonchev–Trinajstić information content (AvgIpc) is 2.62. The van der Waals surface area contributed by atoms with Gasteiger partial charge in [-0.1, -0.05) is 18.6 Å². The molecule has 1 aromatic rings. The SMILES string of the molecule is OC(CN1CCC(N2CCCCC2)CC1)c1ccc(C(F)(F)F)cc1. The quantitative estimate of drug-likeness (QED) is 0.891. The van der Waals surface area contributed by atoms with Gasteiger partial charge in [0.15, 0.2) is 0 Å². The van der Waals surface area contributed by atoms with Gasteiger partial charge in [0.1, 0.15) is 0 Å². The van der Waals surface area contributed by atoms with E-state index >= 15 is 0 Å². The molecule has 2 heterocycles. The van der Waals surface area contributed by atoms with E-state index in [2.05, 4.69) is 9.80 Å². The van der Waals surface area contributed by atoms with Crippen molar-refractivity contribution in [3.05, 3.63) is 35.4 Å². The maximum Gasteiger partial charge on any atom is 0.416 e. The van der Waals surface area contributed by atoms with E-state index in [1.807, 2.05) is 0 Å². The summed E-state index contributed by atoms with van der Waals surface area (Å²) in [5.41, 5.74) is -0.128. The first-order chi connectivity index (χ1) is 11.9. The van der Waals surface area contributed by atoms with Crippen LogP contribution in [0.25, 0.3) is 0 Å². The summed E-state index contributed by atoms with van der Waals surface area (Å²) in [7, 11) is 0. The highest BCUT2D eigenvalue weighted by molar-refractivity contribution is 5.26. The summed E-state index contributed by atoms with van der Waals surface area (Å²) in [6, 6.07) is 5.50. The molecule has 0 bridgehead atoms. The number of β-amino-alcohol motifs (C(OH)–C–C–N with tert-alkyl or cyclic N) is 1. The smallest absolute Gasteiger partial charge is 0.387 e. The van der Waals surface area contributed by atoms with Gasteiger partial charge in [-0.15, -0.1) is 0 Å². The Bertz CT molecular complexity index is 533. The van der Waals surface area contributed by atoms with Gasteiger partial charge in [0.2, 0.25) is 0 Å². The molecule has 0 radical (unpaired) electrons. The van der Waals surface area contributed by atoms with Gasteiger partial charge in [-0.3, -0.25) is 0 Å². The minimum atomic E-state index is -4.33. The molecule has 2 aliphatic heterocycles. The standard InChI is InChI=1S/C19H27F3N2O/c20-19(21,22)16-6-4-15(5-7-16)18(25)14-23-12-8-17(9-13-23)24-10-2-1-3-11-24/h4-7,17-18,25H,1-3,8-14H2. The first kappa shape index (κ1) is 18.7. The third-order valence-corrected chi connectivity index (χ3v) is 5.52. The van der Waals surface area contributed by atoms with Crippen molar-refractivity contribution < 1.29 is 18.3 Å². The van der Waals surface area contributed by atoms with E-state index in [0.717, 1.165) is 38.1 Å². The number of nitrogens with zero attached hydrogens (tertiary/aromatic N) is 2. The third-order valence-electron chi connectivity index (χ3n) is 5.52. The van der Waals surface area contributed by atoms with Crippen LogP contribution in [0.15, 0.2) is 24.3 Å². The summed E-state index contributed by atoms with van der Waals surface area (Å²) < 4.78 is 37.8. The van der Waals surface area contributed by atoms with Crippen molar-refractivity contribution in [1.29, 1.82) is 0 Å². The molecule has 0 saturated carbocycles. The van der Waals surface area contributed by atoms with Crippen molar-refractivity contribution >= 4 is 0 Å². The fraction of sp³-hybridized carbons (Fsp3) is 0.684. The Hall–Kier alpha value is -1.11. The van der Waals surface area contributed by atoms with Gasteiger partial charge in [-0.2, -0.15) is 13.2 Å². The third kappa shape index (κ3) is 4.96. The number of likely N-dealkylation sites (tertiary alicyclic amines) is 2. The molecule has 25 heavy (non-hydrogen) atoms. The zero-order valence-corrected chi connectivity index (χ0v) is 14.5. The highest BCUT2D eigenvalue weighted by Crippen LogP contribution is 2.30. The molecule has 140 valence electrons. The molecule has 6 heteroatoms. The molecule has 1 unspecified atom stereocenters. The lowest BCUT2D eigenvalue weighted by Gasteiger charge is -2.40. The van der Waals surface area contributed by atoms with E-state index in [1.54, 1.807) is 0 Å². The van der Waals surface area contributed by atoms with Crippen molar-refractivity contribution in [2.45, 2.75) is 50.4 Å². The van der Waals surface area contributed by atoms with Crippen molar-refractivity contribution in [3.8, 4) is 0 Å². The minimum absolute atomic E-state index is 0.484. The first-order valence-corrected chi connectivity index (χ1v) is 9.25. The summed E-state index contributed by atoms with van der Waals surface area (Å²) in [5.74, 6) is 0. The van der Waals surface area contributed by atoms with E-state index in [-0.39, 0.29) is 0 Å². The number of piperidine rings is 2. The minimum Gasteiger partial charge on any atom is -0.387 e. The fourth-order valence-electron chi connectivity index (χ4n) is 3.99. The second kappa shape index (κ2) is 8.06. The second-order valence-electron chi connectivity index (χ2n) is 7.26. The van der Waals surface area contributed by atoms with Gasteiger partial charge in [-0.05, 0) is 69.6 Å². The van der Waals surface area contributed by atoms with Crippen LogP contribution in [0, 0.1) is 0 Å². The fourth-order valence-corrected chi connectivity index (χ4v) is 3.99. The van der Waals surface area contributed by atoms with Crippen LogP contribution >= 0.6 is 0 Å². The molecule has 0 amide bonds. The van der Waals surface area contributed by atoms with Crippen molar-refractivity contribution in [2.24, 2.45) is 0 Å². The van der Waals surface area contributed by atoms with E-state index in [1.165, 1.54) is 44.5 Å². The van der Waals surface area contributed by atoms with Gasteiger partial charge < -0.3 is 14.9 Å². The van der Waals surface area contributed by atoms with Crippen LogP contribution in [0.1, 0.15) is 49.3 Å². The van der Waals surface area contributed by atoms with E-state index in [9.17, 15) is 18.3 Å². The summed E-state index contributed by atoms with van der Waals surface area (Å²) in [4.78, 5) is 4.83. The molecule has 1 atom stereocenters. The molecular weight excluding hydrogens is 329 g/mol. The highest BCUT2D eigenvalue weighted by atomic mass is 19.4. The average molecular weight is 356 g/mol. The summed E-state index contributed by atoms with van der Waals surface area (Å²) in [5, 5.41) is 10.3. The molecule has 0 aromatic heterocycles. The monoisotopic (exact) mass is 356 g/mol. The van der Waals surface area contributed by atoms with Gasteiger partial charge in [0.25, 0.3) is 0 Å². The number of hydrogen-bond donors (Lipinski definition) is 1. The van der Waals surface area contributed by atoms with E-state index in [0.29, 0.717) is 18.2 Å². The molecule has 2 saturated heterocycles. The zero-order valence-electron chi connectivity index (χ0n) is 14.5. The summed E-state index contributed by atoms with van der Waals surface area (Å²) >= 11 is 0. The molecule has 2 fully saturated rings. The van der Waals surface area contributed by atoms with Crippen molar-refractivity contribution in [2.75, 3.05) is 32.7 Å². The van der Waals surface area contributed by atoms with Crippen LogP contribution in [-0.2, 0) is 6.18 Å². The number of aliphatic hydroxyl groups excluding tert-OH is 1. The Kier molecular flexibility index (Phi) is 6.02. The van der Waals surface area contributed by atoms with Crippen LogP contribution in [0.4, 0.5) is 13.2 Å². The van der Waals surface area contributed by atoms with E-state index < -0.39 is 17.8 Å². The Morgan fingerprint density at radius 3 is 2.12 bits per heavy atom. The predicted octanol–water partition coefficient (Wildman–Crippen LogP) is 3.69. The van der Waals surface area contributed by atoms with Crippen LogP contribution in [0.2, 0.25) is 0 Å². The first-order valence-electron chi connectivity index (χ1n) is 9.25. The van der Waals surface area contributed by atoms with Crippen LogP contribution in [0.5, 0.6) is 0 Å².